The highest BCUT2D eigenvalue weighted by atomic mass is 35.5. The van der Waals surface area contributed by atoms with Crippen molar-refractivity contribution >= 4 is 23.2 Å². The van der Waals surface area contributed by atoms with Crippen LogP contribution >= 0.6 is 11.6 Å². The summed E-state index contributed by atoms with van der Waals surface area (Å²) in [4.78, 5) is 16.4. The molecule has 0 saturated heterocycles. The van der Waals surface area contributed by atoms with Crippen LogP contribution in [0.2, 0.25) is 5.02 Å². The number of nitrogens with zero attached hydrogens (tertiary/aromatic N) is 1. The lowest BCUT2D eigenvalue weighted by Gasteiger charge is -2.07. The molecule has 0 spiro atoms. The summed E-state index contributed by atoms with van der Waals surface area (Å²) in [6, 6.07) is 13.3. The van der Waals surface area contributed by atoms with Crippen molar-refractivity contribution in [3.8, 4) is 11.3 Å². The lowest BCUT2D eigenvalue weighted by Crippen LogP contribution is -2.12. The molecule has 3 rings (SSSR count). The predicted molar refractivity (Wildman–Crippen MR) is 89.0 cm³/mol. The lowest BCUT2D eigenvalue weighted by atomic mass is 10.1. The van der Waals surface area contributed by atoms with Gasteiger partial charge in [0.2, 0.25) is 0 Å². The highest BCUT2D eigenvalue weighted by molar-refractivity contribution is 6.33. The Morgan fingerprint density at radius 3 is 2.42 bits per heavy atom. The molecule has 0 bridgehead atoms. The maximum Gasteiger partial charge on any atom is 0.255 e. The standard InChI is InChI=1S/C18H11ClF2N2O/c19-14-2-1-9-22-17(14)11-3-5-12(6-4-11)18(24)23-13-7-8-15(20)16(21)10-13/h1-10H,(H,23,24). The van der Waals surface area contributed by atoms with Gasteiger partial charge in [-0.05, 0) is 36.4 Å². The number of pyridine rings is 1. The van der Waals surface area contributed by atoms with Gasteiger partial charge in [-0.25, -0.2) is 8.78 Å². The zero-order valence-electron chi connectivity index (χ0n) is 12.3. The topological polar surface area (TPSA) is 42.0 Å². The summed E-state index contributed by atoms with van der Waals surface area (Å²) in [5.41, 5.74) is 1.93. The predicted octanol–water partition coefficient (Wildman–Crippen LogP) is 4.93. The van der Waals surface area contributed by atoms with E-state index in [2.05, 4.69) is 10.3 Å². The Hall–Kier alpha value is -2.79. The number of nitrogens with one attached hydrogen (secondary N) is 1. The number of benzene rings is 2. The Labute approximate surface area is 141 Å². The molecular weight excluding hydrogens is 334 g/mol. The molecule has 1 N–H and O–H groups in total. The molecule has 120 valence electrons. The average molecular weight is 345 g/mol. The first kappa shape index (κ1) is 16.1. The van der Waals surface area contributed by atoms with Gasteiger partial charge in [-0.2, -0.15) is 0 Å². The molecular formula is C18H11ClF2N2O. The van der Waals surface area contributed by atoms with E-state index in [4.69, 9.17) is 11.6 Å². The van der Waals surface area contributed by atoms with Gasteiger partial charge < -0.3 is 5.32 Å². The number of amides is 1. The molecule has 0 aliphatic rings. The molecule has 6 heteroatoms. The second kappa shape index (κ2) is 6.76. The van der Waals surface area contributed by atoms with Gasteiger partial charge in [0.15, 0.2) is 11.6 Å². The van der Waals surface area contributed by atoms with Crippen LogP contribution in [0.25, 0.3) is 11.3 Å². The molecule has 0 atom stereocenters. The number of anilines is 1. The molecule has 0 unspecified atom stereocenters. The molecule has 0 aliphatic heterocycles. The van der Waals surface area contributed by atoms with Crippen LogP contribution in [-0.4, -0.2) is 10.9 Å². The zero-order chi connectivity index (χ0) is 17.1. The SMILES string of the molecule is O=C(Nc1ccc(F)c(F)c1)c1ccc(-c2ncccc2Cl)cc1. The van der Waals surface area contributed by atoms with Gasteiger partial charge in [0, 0.05) is 29.1 Å². The molecule has 1 aromatic heterocycles. The third-order valence-corrected chi connectivity index (χ3v) is 3.66. The Morgan fingerprint density at radius 1 is 1.00 bits per heavy atom. The first-order chi connectivity index (χ1) is 11.5. The van der Waals surface area contributed by atoms with Crippen LogP contribution in [0.3, 0.4) is 0 Å². The van der Waals surface area contributed by atoms with Crippen LogP contribution in [-0.2, 0) is 0 Å². The van der Waals surface area contributed by atoms with Crippen molar-refractivity contribution in [2.45, 2.75) is 0 Å². The summed E-state index contributed by atoms with van der Waals surface area (Å²) in [5.74, 6) is -2.42. The van der Waals surface area contributed by atoms with Crippen LogP contribution in [0.1, 0.15) is 10.4 Å². The minimum Gasteiger partial charge on any atom is -0.322 e. The Balaban J connectivity index is 1.79. The largest absolute Gasteiger partial charge is 0.322 e. The van der Waals surface area contributed by atoms with E-state index in [0.29, 0.717) is 16.3 Å². The maximum atomic E-state index is 13.2. The van der Waals surface area contributed by atoms with Crippen molar-refractivity contribution < 1.29 is 13.6 Å². The maximum absolute atomic E-state index is 13.2. The van der Waals surface area contributed by atoms with Crippen LogP contribution in [0.4, 0.5) is 14.5 Å². The van der Waals surface area contributed by atoms with Gasteiger partial charge >= 0.3 is 0 Å². The molecule has 2 aromatic carbocycles. The van der Waals surface area contributed by atoms with Crippen LogP contribution in [0, 0.1) is 11.6 Å². The average Bonchev–Trinajstić information content (AvgIpc) is 2.59. The second-order valence-electron chi connectivity index (χ2n) is 4.99. The minimum atomic E-state index is -1.02. The van der Waals surface area contributed by atoms with Crippen molar-refractivity contribution in [3.63, 3.8) is 0 Å². The van der Waals surface area contributed by atoms with Crippen molar-refractivity contribution in [1.82, 2.24) is 4.98 Å². The quantitative estimate of drug-likeness (QED) is 0.731. The van der Waals surface area contributed by atoms with Crippen molar-refractivity contribution in [2.75, 3.05) is 5.32 Å². The van der Waals surface area contributed by atoms with E-state index in [1.54, 1.807) is 42.6 Å². The summed E-state index contributed by atoms with van der Waals surface area (Å²) >= 11 is 6.09. The normalized spacial score (nSPS) is 10.5. The number of carbonyl (C=O) groups excluding carboxylic acids is 1. The summed E-state index contributed by atoms with van der Waals surface area (Å²) in [6.45, 7) is 0. The molecule has 24 heavy (non-hydrogen) atoms. The van der Waals surface area contributed by atoms with Crippen LogP contribution in [0.5, 0.6) is 0 Å². The second-order valence-corrected chi connectivity index (χ2v) is 5.40. The van der Waals surface area contributed by atoms with Gasteiger partial charge in [0.1, 0.15) is 0 Å². The number of aromatic nitrogens is 1. The van der Waals surface area contributed by atoms with Gasteiger partial charge in [0.25, 0.3) is 5.91 Å². The number of carbonyl (C=O) groups is 1. The summed E-state index contributed by atoms with van der Waals surface area (Å²) in [7, 11) is 0. The fraction of sp³-hybridized carbons (Fsp3) is 0. The van der Waals surface area contributed by atoms with Crippen molar-refractivity contribution in [3.05, 3.63) is 83.0 Å². The fourth-order valence-electron chi connectivity index (χ4n) is 2.15. The van der Waals surface area contributed by atoms with E-state index in [0.717, 1.165) is 17.7 Å². The number of hydrogen-bond acceptors (Lipinski definition) is 2. The van der Waals surface area contributed by atoms with Crippen LogP contribution < -0.4 is 5.32 Å². The smallest absolute Gasteiger partial charge is 0.255 e. The number of rotatable bonds is 3. The molecule has 0 radical (unpaired) electrons. The molecule has 0 aliphatic carbocycles. The van der Waals surface area contributed by atoms with E-state index in [1.165, 1.54) is 6.07 Å². The molecule has 1 amide bonds. The monoisotopic (exact) mass is 344 g/mol. The first-order valence-electron chi connectivity index (χ1n) is 7.02. The summed E-state index contributed by atoms with van der Waals surface area (Å²) in [5, 5.41) is 3.02. The van der Waals surface area contributed by atoms with Gasteiger partial charge in [-0.1, -0.05) is 23.7 Å². The first-order valence-corrected chi connectivity index (χ1v) is 7.40. The van der Waals surface area contributed by atoms with E-state index in [9.17, 15) is 13.6 Å². The lowest BCUT2D eigenvalue weighted by molar-refractivity contribution is 0.102. The summed E-state index contributed by atoms with van der Waals surface area (Å²) in [6.07, 6.45) is 1.63. The molecule has 3 nitrogen and oxygen atoms in total. The van der Waals surface area contributed by atoms with E-state index >= 15 is 0 Å². The van der Waals surface area contributed by atoms with E-state index in [1.807, 2.05) is 0 Å². The zero-order valence-corrected chi connectivity index (χ0v) is 13.0. The Kier molecular flexibility index (Phi) is 4.53. The molecule has 0 saturated carbocycles. The molecule has 1 heterocycles. The Morgan fingerprint density at radius 2 is 1.75 bits per heavy atom. The van der Waals surface area contributed by atoms with Gasteiger partial charge in [-0.3, -0.25) is 9.78 Å². The highest BCUT2D eigenvalue weighted by Crippen LogP contribution is 2.25. The van der Waals surface area contributed by atoms with Crippen LogP contribution in [0.15, 0.2) is 60.8 Å². The van der Waals surface area contributed by atoms with E-state index < -0.39 is 17.5 Å². The third kappa shape index (κ3) is 3.41. The van der Waals surface area contributed by atoms with Crippen molar-refractivity contribution in [1.29, 1.82) is 0 Å². The van der Waals surface area contributed by atoms with E-state index in [-0.39, 0.29) is 5.69 Å². The van der Waals surface area contributed by atoms with Gasteiger partial charge in [0.05, 0.1) is 10.7 Å². The fourth-order valence-corrected chi connectivity index (χ4v) is 2.39. The third-order valence-electron chi connectivity index (χ3n) is 3.36. The highest BCUT2D eigenvalue weighted by Gasteiger charge is 2.10. The number of halogens is 3. The summed E-state index contributed by atoms with van der Waals surface area (Å²) < 4.78 is 26.1. The molecule has 0 fully saturated rings. The van der Waals surface area contributed by atoms with Crippen molar-refractivity contribution in [2.24, 2.45) is 0 Å². The minimum absolute atomic E-state index is 0.177. The Bertz CT molecular complexity index is 898. The van der Waals surface area contributed by atoms with Gasteiger partial charge in [-0.15, -0.1) is 0 Å². The number of hydrogen-bond donors (Lipinski definition) is 1. The molecule has 3 aromatic rings.